The minimum absolute atomic E-state index is 0.359. The number of thioether (sulfide) groups is 1. The molecule has 0 N–H and O–H groups in total. The van der Waals surface area contributed by atoms with Gasteiger partial charge in [0, 0.05) is 22.0 Å². The third-order valence-corrected chi connectivity index (χ3v) is 6.31. The summed E-state index contributed by atoms with van der Waals surface area (Å²) in [4.78, 5) is 13.5. The summed E-state index contributed by atoms with van der Waals surface area (Å²) < 4.78 is 48.7. The van der Waals surface area contributed by atoms with E-state index in [-0.39, 0.29) is 5.97 Å². The molecule has 0 fully saturated rings. The van der Waals surface area contributed by atoms with Crippen LogP contribution in [0.25, 0.3) is 21.2 Å². The van der Waals surface area contributed by atoms with Crippen molar-refractivity contribution in [2.75, 3.05) is 0 Å². The number of halogens is 3. The number of carbonyl (C=O) groups is 1. The fourth-order valence-corrected chi connectivity index (χ4v) is 4.83. The number of aromatic nitrogens is 1. The molecular weight excluding hydrogens is 431 g/mol. The van der Waals surface area contributed by atoms with E-state index in [0.717, 1.165) is 32.7 Å². The van der Waals surface area contributed by atoms with Gasteiger partial charge in [0.25, 0.3) is 0 Å². The van der Waals surface area contributed by atoms with Gasteiger partial charge in [-0.15, -0.1) is 11.8 Å². The number of nitrogens with zero attached hydrogens (tertiary/aromatic N) is 1. The molecule has 1 aromatic heterocycles. The topological polar surface area (TPSA) is 39.2 Å². The Morgan fingerprint density at radius 3 is 2.20 bits per heavy atom. The molecular formula is C22H22F3NO2S2. The molecule has 0 atom stereocenters. The SMILES string of the molecule is CC(C)(C)OC(=O)C(C)(C)Sc1ccc2cnsc2c1-c1ccc(C(F)(F)F)cc1. The van der Waals surface area contributed by atoms with Gasteiger partial charge in [-0.25, -0.2) is 0 Å². The van der Waals surface area contributed by atoms with E-state index in [1.165, 1.54) is 35.4 Å². The van der Waals surface area contributed by atoms with E-state index in [4.69, 9.17) is 4.74 Å². The molecule has 0 aliphatic heterocycles. The van der Waals surface area contributed by atoms with Gasteiger partial charge in [0.15, 0.2) is 0 Å². The van der Waals surface area contributed by atoms with Gasteiger partial charge < -0.3 is 4.74 Å². The lowest BCUT2D eigenvalue weighted by atomic mass is 10.0. The fraction of sp³-hybridized carbons (Fsp3) is 0.364. The summed E-state index contributed by atoms with van der Waals surface area (Å²) in [7, 11) is 0. The number of ether oxygens (including phenoxy) is 1. The van der Waals surface area contributed by atoms with E-state index in [2.05, 4.69) is 4.37 Å². The summed E-state index contributed by atoms with van der Waals surface area (Å²) in [6.45, 7) is 8.98. The number of carbonyl (C=O) groups excluding carboxylic acids is 1. The molecule has 0 saturated carbocycles. The van der Waals surface area contributed by atoms with Crippen molar-refractivity contribution in [1.82, 2.24) is 4.37 Å². The van der Waals surface area contributed by atoms with Gasteiger partial charge in [-0.05, 0) is 69.9 Å². The van der Waals surface area contributed by atoms with Crippen molar-refractivity contribution in [1.29, 1.82) is 0 Å². The van der Waals surface area contributed by atoms with Crippen molar-refractivity contribution in [3.8, 4) is 11.1 Å². The highest BCUT2D eigenvalue weighted by molar-refractivity contribution is 8.01. The van der Waals surface area contributed by atoms with Gasteiger partial charge in [0.1, 0.15) is 10.3 Å². The number of esters is 1. The summed E-state index contributed by atoms with van der Waals surface area (Å²) in [5.74, 6) is -0.359. The average molecular weight is 454 g/mol. The number of hydrogen-bond acceptors (Lipinski definition) is 5. The first kappa shape index (κ1) is 22.6. The van der Waals surface area contributed by atoms with E-state index in [0.29, 0.717) is 5.56 Å². The Labute approximate surface area is 181 Å². The lowest BCUT2D eigenvalue weighted by Gasteiger charge is -2.28. The molecule has 0 amide bonds. The van der Waals surface area contributed by atoms with Crippen LogP contribution in [0.3, 0.4) is 0 Å². The first-order chi connectivity index (χ1) is 13.8. The second kappa shape index (κ2) is 7.89. The number of fused-ring (bicyclic) bond motifs is 1. The molecule has 3 aromatic rings. The van der Waals surface area contributed by atoms with Crippen LogP contribution in [0.5, 0.6) is 0 Å². The molecule has 1 heterocycles. The van der Waals surface area contributed by atoms with Crippen LogP contribution >= 0.6 is 23.3 Å². The predicted octanol–water partition coefficient (Wildman–Crippen LogP) is 7.19. The number of benzene rings is 2. The molecule has 3 nitrogen and oxygen atoms in total. The van der Waals surface area contributed by atoms with Crippen molar-refractivity contribution >= 4 is 39.3 Å². The predicted molar refractivity (Wildman–Crippen MR) is 116 cm³/mol. The maximum atomic E-state index is 13.0. The van der Waals surface area contributed by atoms with Crippen LogP contribution in [-0.2, 0) is 15.7 Å². The molecule has 8 heteroatoms. The first-order valence-electron chi connectivity index (χ1n) is 9.25. The smallest absolute Gasteiger partial charge is 0.416 e. The Kier molecular flexibility index (Phi) is 5.95. The number of alkyl halides is 3. The maximum absolute atomic E-state index is 13.0. The Bertz CT molecular complexity index is 1060. The molecule has 3 rings (SSSR count). The van der Waals surface area contributed by atoms with E-state index in [1.807, 2.05) is 32.9 Å². The van der Waals surface area contributed by atoms with Crippen LogP contribution in [0.1, 0.15) is 40.2 Å². The quantitative estimate of drug-likeness (QED) is 0.309. The zero-order valence-electron chi connectivity index (χ0n) is 17.3. The third-order valence-electron chi connectivity index (χ3n) is 4.24. The molecule has 2 aromatic carbocycles. The second-order valence-electron chi connectivity index (χ2n) is 8.37. The summed E-state index contributed by atoms with van der Waals surface area (Å²) >= 11 is 2.60. The van der Waals surface area contributed by atoms with Crippen molar-refractivity contribution in [3.63, 3.8) is 0 Å². The van der Waals surface area contributed by atoms with Crippen LogP contribution in [0.2, 0.25) is 0 Å². The maximum Gasteiger partial charge on any atom is 0.416 e. The van der Waals surface area contributed by atoms with Gasteiger partial charge >= 0.3 is 12.1 Å². The summed E-state index contributed by atoms with van der Waals surface area (Å²) in [6.07, 6.45) is -2.67. The standard InChI is InChI=1S/C22H22F3NO2S2/c1-20(2,3)28-19(27)21(4,5)29-16-11-8-14-12-26-30-18(14)17(16)13-6-9-15(10-7-13)22(23,24)25/h6-12H,1-5H3. The minimum Gasteiger partial charge on any atom is -0.459 e. The van der Waals surface area contributed by atoms with Crippen LogP contribution in [0.15, 0.2) is 47.5 Å². The Morgan fingerprint density at radius 2 is 1.63 bits per heavy atom. The Hall–Kier alpha value is -2.06. The van der Waals surface area contributed by atoms with Crippen LogP contribution in [0.4, 0.5) is 13.2 Å². The Morgan fingerprint density at radius 1 is 1.00 bits per heavy atom. The minimum atomic E-state index is -4.40. The van der Waals surface area contributed by atoms with Crippen LogP contribution in [0, 0.1) is 0 Å². The number of hydrogen-bond donors (Lipinski definition) is 0. The largest absolute Gasteiger partial charge is 0.459 e. The van der Waals surface area contributed by atoms with Crippen molar-refractivity contribution in [2.45, 2.75) is 56.0 Å². The van der Waals surface area contributed by atoms with E-state index < -0.39 is 22.1 Å². The fourth-order valence-electron chi connectivity index (χ4n) is 2.82. The second-order valence-corrected chi connectivity index (χ2v) is 10.8. The highest BCUT2D eigenvalue weighted by Crippen LogP contribution is 2.44. The lowest BCUT2D eigenvalue weighted by molar-refractivity contribution is -0.156. The van der Waals surface area contributed by atoms with Gasteiger partial charge in [0.05, 0.1) is 10.3 Å². The van der Waals surface area contributed by atoms with Crippen LogP contribution < -0.4 is 0 Å². The molecule has 30 heavy (non-hydrogen) atoms. The zero-order valence-corrected chi connectivity index (χ0v) is 18.9. The molecule has 0 radical (unpaired) electrons. The summed E-state index contributed by atoms with van der Waals surface area (Å²) in [5, 5.41) is 0.898. The van der Waals surface area contributed by atoms with Gasteiger partial charge in [-0.3, -0.25) is 4.79 Å². The van der Waals surface area contributed by atoms with E-state index in [1.54, 1.807) is 20.0 Å². The molecule has 0 unspecified atom stereocenters. The van der Waals surface area contributed by atoms with Crippen molar-refractivity contribution in [2.24, 2.45) is 0 Å². The van der Waals surface area contributed by atoms with Crippen molar-refractivity contribution in [3.05, 3.63) is 48.2 Å². The van der Waals surface area contributed by atoms with Gasteiger partial charge in [-0.2, -0.15) is 17.5 Å². The molecule has 160 valence electrons. The van der Waals surface area contributed by atoms with Crippen LogP contribution in [-0.4, -0.2) is 20.7 Å². The summed E-state index contributed by atoms with van der Waals surface area (Å²) in [6, 6.07) is 8.84. The highest BCUT2D eigenvalue weighted by Gasteiger charge is 2.35. The van der Waals surface area contributed by atoms with Crippen molar-refractivity contribution < 1.29 is 22.7 Å². The molecule has 0 bridgehead atoms. The first-order valence-corrected chi connectivity index (χ1v) is 10.8. The highest BCUT2D eigenvalue weighted by atomic mass is 32.2. The van der Waals surface area contributed by atoms with Gasteiger partial charge in [-0.1, -0.05) is 18.2 Å². The lowest BCUT2D eigenvalue weighted by Crippen LogP contribution is -2.36. The van der Waals surface area contributed by atoms with E-state index in [9.17, 15) is 18.0 Å². The zero-order chi connectivity index (χ0) is 22.3. The normalized spacial score (nSPS) is 12.9. The van der Waals surface area contributed by atoms with Gasteiger partial charge in [0.2, 0.25) is 0 Å². The monoisotopic (exact) mass is 453 g/mol. The van der Waals surface area contributed by atoms with E-state index >= 15 is 0 Å². The third kappa shape index (κ3) is 4.98. The molecule has 0 aliphatic rings. The summed E-state index contributed by atoms with van der Waals surface area (Å²) in [5.41, 5.74) is 0.0870. The average Bonchev–Trinajstić information content (AvgIpc) is 3.08. The number of rotatable bonds is 4. The molecule has 0 saturated heterocycles. The molecule has 0 spiro atoms. The Balaban J connectivity index is 2.05. The molecule has 0 aliphatic carbocycles.